The third-order valence-corrected chi connectivity index (χ3v) is 6.66. The number of aromatic nitrogens is 1. The van der Waals surface area contributed by atoms with Gasteiger partial charge in [-0.3, -0.25) is 9.52 Å². The molecule has 0 aliphatic carbocycles. The molecule has 0 aliphatic heterocycles. The summed E-state index contributed by atoms with van der Waals surface area (Å²) in [6, 6.07) is 13.3. The van der Waals surface area contributed by atoms with Gasteiger partial charge in [0.2, 0.25) is 0 Å². The van der Waals surface area contributed by atoms with Gasteiger partial charge >= 0.3 is 0 Å². The highest BCUT2D eigenvalue weighted by Crippen LogP contribution is 2.20. The lowest BCUT2D eigenvalue weighted by molar-refractivity contribution is 0.0951. The number of hydrogen-bond acceptors (Lipinski definition) is 6. The van der Waals surface area contributed by atoms with E-state index in [9.17, 15) is 13.2 Å². The summed E-state index contributed by atoms with van der Waals surface area (Å²) < 4.78 is 27.2. The predicted octanol–water partition coefficient (Wildman–Crippen LogP) is 2.94. The van der Waals surface area contributed by atoms with Gasteiger partial charge in [-0.05, 0) is 53.4 Å². The zero-order valence-electron chi connectivity index (χ0n) is 15.4. The smallest absolute Gasteiger partial charge is 0.271 e. The lowest BCUT2D eigenvalue weighted by Crippen LogP contribution is -2.23. The van der Waals surface area contributed by atoms with Gasteiger partial charge in [-0.15, -0.1) is 11.3 Å². The Morgan fingerprint density at radius 3 is 2.54 bits per heavy atom. The Morgan fingerprint density at radius 2 is 1.89 bits per heavy atom. The second-order valence-corrected chi connectivity index (χ2v) is 9.07. The van der Waals surface area contributed by atoms with Crippen molar-refractivity contribution < 1.29 is 13.2 Å². The summed E-state index contributed by atoms with van der Waals surface area (Å²) in [6.07, 6.45) is 1.70. The second kappa shape index (κ2) is 8.41. The SMILES string of the molecule is CN(C)c1cc(CNC(=O)c2ccc(NS(=O)(=O)c3cccs3)cc2)ccn1. The average Bonchev–Trinajstić information content (AvgIpc) is 3.22. The van der Waals surface area contributed by atoms with Gasteiger partial charge in [0.1, 0.15) is 10.0 Å². The van der Waals surface area contributed by atoms with Gasteiger partial charge in [-0.1, -0.05) is 6.07 Å². The molecule has 2 heterocycles. The highest BCUT2D eigenvalue weighted by Gasteiger charge is 2.15. The summed E-state index contributed by atoms with van der Waals surface area (Å²) in [5.74, 6) is 0.574. The molecule has 0 saturated carbocycles. The minimum atomic E-state index is -3.60. The maximum atomic E-state index is 12.3. The van der Waals surface area contributed by atoms with E-state index in [1.165, 1.54) is 6.07 Å². The number of nitrogens with zero attached hydrogens (tertiary/aromatic N) is 2. The molecule has 9 heteroatoms. The zero-order chi connectivity index (χ0) is 20.1. The molecule has 2 N–H and O–H groups in total. The van der Waals surface area contributed by atoms with E-state index in [0.717, 1.165) is 22.7 Å². The fourth-order valence-corrected chi connectivity index (χ4v) is 4.46. The minimum absolute atomic E-state index is 0.240. The molecule has 28 heavy (non-hydrogen) atoms. The van der Waals surface area contributed by atoms with E-state index in [1.54, 1.807) is 41.9 Å². The lowest BCUT2D eigenvalue weighted by atomic mass is 10.2. The van der Waals surface area contributed by atoms with Crippen LogP contribution in [-0.2, 0) is 16.6 Å². The number of benzene rings is 1. The predicted molar refractivity (Wildman–Crippen MR) is 111 cm³/mol. The fraction of sp³-hybridized carbons (Fsp3) is 0.158. The van der Waals surface area contributed by atoms with E-state index in [0.29, 0.717) is 17.8 Å². The van der Waals surface area contributed by atoms with Crippen LogP contribution < -0.4 is 14.9 Å². The van der Waals surface area contributed by atoms with Gasteiger partial charge in [0.15, 0.2) is 0 Å². The topological polar surface area (TPSA) is 91.4 Å². The molecule has 3 rings (SSSR count). The van der Waals surface area contributed by atoms with Crippen LogP contribution in [0.5, 0.6) is 0 Å². The van der Waals surface area contributed by atoms with Crippen LogP contribution in [-0.4, -0.2) is 33.4 Å². The summed E-state index contributed by atoms with van der Waals surface area (Å²) >= 11 is 1.14. The molecule has 0 saturated heterocycles. The fourth-order valence-electron chi connectivity index (χ4n) is 2.41. The Labute approximate surface area is 168 Å². The molecule has 0 unspecified atom stereocenters. The molecule has 0 fully saturated rings. The van der Waals surface area contributed by atoms with Crippen molar-refractivity contribution in [2.75, 3.05) is 23.7 Å². The molecule has 0 atom stereocenters. The number of sulfonamides is 1. The van der Waals surface area contributed by atoms with Crippen LogP contribution in [0.3, 0.4) is 0 Å². The molecule has 0 radical (unpaired) electrons. The molecule has 3 aromatic rings. The maximum absolute atomic E-state index is 12.3. The van der Waals surface area contributed by atoms with Crippen molar-refractivity contribution in [3.8, 4) is 0 Å². The van der Waals surface area contributed by atoms with Crippen LogP contribution in [0.4, 0.5) is 11.5 Å². The van der Waals surface area contributed by atoms with E-state index < -0.39 is 10.0 Å². The Hall–Kier alpha value is -2.91. The van der Waals surface area contributed by atoms with Crippen LogP contribution in [0.2, 0.25) is 0 Å². The standard InChI is InChI=1S/C19H20N4O3S2/c1-23(2)17-12-14(9-10-20-17)13-21-19(24)15-5-7-16(8-6-15)22-28(25,26)18-4-3-11-27-18/h3-12,22H,13H2,1-2H3,(H,21,24). The van der Waals surface area contributed by atoms with Crippen molar-refractivity contribution >= 4 is 38.8 Å². The number of anilines is 2. The van der Waals surface area contributed by atoms with E-state index in [-0.39, 0.29) is 10.1 Å². The first kappa shape index (κ1) is 19.8. The normalized spacial score (nSPS) is 11.1. The maximum Gasteiger partial charge on any atom is 0.271 e. The zero-order valence-corrected chi connectivity index (χ0v) is 17.0. The van der Waals surface area contributed by atoms with Crippen LogP contribution in [0.1, 0.15) is 15.9 Å². The van der Waals surface area contributed by atoms with Crippen molar-refractivity contribution in [1.29, 1.82) is 0 Å². The molecule has 0 aliphatic rings. The van der Waals surface area contributed by atoms with Gasteiger partial charge in [0.05, 0.1) is 0 Å². The van der Waals surface area contributed by atoms with Crippen molar-refractivity contribution in [3.05, 3.63) is 71.2 Å². The first-order chi connectivity index (χ1) is 13.3. The van der Waals surface area contributed by atoms with Crippen LogP contribution >= 0.6 is 11.3 Å². The van der Waals surface area contributed by atoms with Crippen molar-refractivity contribution in [2.45, 2.75) is 10.8 Å². The van der Waals surface area contributed by atoms with E-state index in [4.69, 9.17) is 0 Å². The summed E-state index contributed by atoms with van der Waals surface area (Å²) in [7, 11) is 0.201. The number of hydrogen-bond donors (Lipinski definition) is 2. The molecule has 2 aromatic heterocycles. The summed E-state index contributed by atoms with van der Waals surface area (Å²) in [4.78, 5) is 18.5. The van der Waals surface area contributed by atoms with Crippen molar-refractivity contribution in [1.82, 2.24) is 10.3 Å². The van der Waals surface area contributed by atoms with Gasteiger partial charge in [0, 0.05) is 38.1 Å². The Bertz CT molecular complexity index is 1050. The highest BCUT2D eigenvalue weighted by atomic mass is 32.2. The Balaban J connectivity index is 1.62. The summed E-state index contributed by atoms with van der Waals surface area (Å²) in [6.45, 7) is 0.370. The average molecular weight is 417 g/mol. The molecule has 7 nitrogen and oxygen atoms in total. The van der Waals surface area contributed by atoms with Crippen molar-refractivity contribution in [3.63, 3.8) is 0 Å². The number of carbonyl (C=O) groups excluding carboxylic acids is 1. The van der Waals surface area contributed by atoms with Crippen LogP contribution in [0, 0.1) is 0 Å². The largest absolute Gasteiger partial charge is 0.363 e. The molecular weight excluding hydrogens is 396 g/mol. The number of pyridine rings is 1. The van der Waals surface area contributed by atoms with Gasteiger partial charge in [-0.25, -0.2) is 13.4 Å². The summed E-state index contributed by atoms with van der Waals surface area (Å²) in [5.41, 5.74) is 1.78. The van der Waals surface area contributed by atoms with Gasteiger partial charge in [0.25, 0.3) is 15.9 Å². The number of rotatable bonds is 7. The first-order valence-corrected chi connectivity index (χ1v) is 10.8. The van der Waals surface area contributed by atoms with Crippen LogP contribution in [0.25, 0.3) is 0 Å². The van der Waals surface area contributed by atoms with Gasteiger partial charge < -0.3 is 10.2 Å². The third kappa shape index (κ3) is 4.87. The third-order valence-electron chi connectivity index (χ3n) is 3.88. The quantitative estimate of drug-likeness (QED) is 0.618. The van der Waals surface area contributed by atoms with Gasteiger partial charge in [-0.2, -0.15) is 0 Å². The molecule has 1 amide bonds. The number of amides is 1. The monoisotopic (exact) mass is 416 g/mol. The van der Waals surface area contributed by atoms with E-state index in [2.05, 4.69) is 15.0 Å². The minimum Gasteiger partial charge on any atom is -0.363 e. The molecule has 1 aromatic carbocycles. The Morgan fingerprint density at radius 1 is 1.14 bits per heavy atom. The Kier molecular flexibility index (Phi) is 5.96. The first-order valence-electron chi connectivity index (χ1n) is 8.42. The van der Waals surface area contributed by atoms with E-state index >= 15 is 0 Å². The molecule has 0 spiro atoms. The highest BCUT2D eigenvalue weighted by molar-refractivity contribution is 7.94. The second-order valence-electron chi connectivity index (χ2n) is 6.21. The number of nitrogens with one attached hydrogen (secondary N) is 2. The molecular formula is C19H20N4O3S2. The number of thiophene rings is 1. The number of carbonyl (C=O) groups is 1. The molecule has 0 bridgehead atoms. The van der Waals surface area contributed by atoms with E-state index in [1.807, 2.05) is 31.1 Å². The lowest BCUT2D eigenvalue weighted by Gasteiger charge is -2.12. The van der Waals surface area contributed by atoms with Crippen LogP contribution in [0.15, 0.2) is 64.3 Å². The molecule has 146 valence electrons. The summed E-state index contributed by atoms with van der Waals surface area (Å²) in [5, 5.41) is 4.55. The van der Waals surface area contributed by atoms with Crippen molar-refractivity contribution in [2.24, 2.45) is 0 Å².